The van der Waals surface area contributed by atoms with Gasteiger partial charge in [0.05, 0.1) is 0 Å². The zero-order valence-corrected chi connectivity index (χ0v) is 12.6. The van der Waals surface area contributed by atoms with Crippen LogP contribution in [0.15, 0.2) is 48.5 Å². The minimum absolute atomic E-state index is 0.0587. The van der Waals surface area contributed by atoms with Gasteiger partial charge in [0.25, 0.3) is 0 Å². The summed E-state index contributed by atoms with van der Waals surface area (Å²) in [6.07, 6.45) is 0. The summed E-state index contributed by atoms with van der Waals surface area (Å²) in [5, 5.41) is 0. The molecule has 0 aliphatic carbocycles. The quantitative estimate of drug-likeness (QED) is 0.554. The third-order valence-electron chi connectivity index (χ3n) is 2.92. The lowest BCUT2D eigenvalue weighted by molar-refractivity contribution is 0.0509. The van der Waals surface area contributed by atoms with Gasteiger partial charge in [0.15, 0.2) is 19.4 Å². The maximum absolute atomic E-state index is 12.4. The highest BCUT2D eigenvalue weighted by atomic mass is 16.7. The van der Waals surface area contributed by atoms with E-state index in [1.165, 1.54) is 0 Å². The van der Waals surface area contributed by atoms with Gasteiger partial charge in [-0.05, 0) is 48.5 Å². The van der Waals surface area contributed by atoms with E-state index in [-0.39, 0.29) is 19.4 Å². The average molecular weight is 302 g/mol. The van der Waals surface area contributed by atoms with Crippen molar-refractivity contribution in [3.8, 4) is 11.5 Å². The van der Waals surface area contributed by atoms with Gasteiger partial charge in [-0.15, -0.1) is 0 Å². The van der Waals surface area contributed by atoms with Crippen molar-refractivity contribution in [2.45, 2.75) is 0 Å². The second-order valence-corrected chi connectivity index (χ2v) is 4.48. The molecule has 0 bridgehead atoms. The second-order valence-electron chi connectivity index (χ2n) is 4.48. The van der Waals surface area contributed by atoms with Gasteiger partial charge in [-0.25, -0.2) is 0 Å². The fourth-order valence-electron chi connectivity index (χ4n) is 1.83. The van der Waals surface area contributed by atoms with E-state index in [0.29, 0.717) is 22.6 Å². The van der Waals surface area contributed by atoms with Gasteiger partial charge in [0.2, 0.25) is 0 Å². The molecule has 116 valence electrons. The summed E-state index contributed by atoms with van der Waals surface area (Å²) in [5.74, 6) is 1.25. The van der Waals surface area contributed by atoms with Crippen molar-refractivity contribution in [1.82, 2.24) is 0 Å². The molecule has 5 nitrogen and oxygen atoms in total. The zero-order valence-electron chi connectivity index (χ0n) is 12.6. The lowest BCUT2D eigenvalue weighted by atomic mass is 10.0. The van der Waals surface area contributed by atoms with Crippen molar-refractivity contribution >= 4 is 5.78 Å². The summed E-state index contributed by atoms with van der Waals surface area (Å²) in [6, 6.07) is 13.9. The van der Waals surface area contributed by atoms with E-state index in [4.69, 9.17) is 18.9 Å². The van der Waals surface area contributed by atoms with Crippen molar-refractivity contribution in [1.29, 1.82) is 0 Å². The highest BCUT2D eigenvalue weighted by molar-refractivity contribution is 6.09. The number of benzene rings is 2. The van der Waals surface area contributed by atoms with Crippen molar-refractivity contribution in [3.63, 3.8) is 0 Å². The fraction of sp³-hybridized carbons (Fsp3) is 0.235. The van der Waals surface area contributed by atoms with Crippen LogP contribution in [0.5, 0.6) is 11.5 Å². The largest absolute Gasteiger partial charge is 0.468 e. The predicted molar refractivity (Wildman–Crippen MR) is 81.3 cm³/mol. The Balaban J connectivity index is 2.04. The lowest BCUT2D eigenvalue weighted by Crippen LogP contribution is -2.03. The van der Waals surface area contributed by atoms with Crippen LogP contribution in [0.3, 0.4) is 0 Å². The Morgan fingerprint density at radius 3 is 1.41 bits per heavy atom. The molecule has 0 amide bonds. The Labute approximate surface area is 129 Å². The van der Waals surface area contributed by atoms with E-state index in [1.54, 1.807) is 62.8 Å². The summed E-state index contributed by atoms with van der Waals surface area (Å²) in [4.78, 5) is 12.4. The second kappa shape index (κ2) is 8.17. The van der Waals surface area contributed by atoms with Crippen LogP contribution in [0.25, 0.3) is 0 Å². The van der Waals surface area contributed by atoms with E-state index in [1.807, 2.05) is 0 Å². The molecule has 0 saturated carbocycles. The number of ether oxygens (including phenoxy) is 4. The maximum atomic E-state index is 12.4. The van der Waals surface area contributed by atoms with Crippen LogP contribution in [0.1, 0.15) is 15.9 Å². The van der Waals surface area contributed by atoms with Gasteiger partial charge in [0, 0.05) is 25.3 Å². The van der Waals surface area contributed by atoms with Crippen LogP contribution in [0.2, 0.25) is 0 Å². The van der Waals surface area contributed by atoms with Crippen LogP contribution >= 0.6 is 0 Å². The fourth-order valence-corrected chi connectivity index (χ4v) is 1.83. The first kappa shape index (κ1) is 16.0. The molecule has 0 aliphatic heterocycles. The van der Waals surface area contributed by atoms with Crippen LogP contribution in [-0.2, 0) is 9.47 Å². The molecule has 0 N–H and O–H groups in total. The van der Waals surface area contributed by atoms with Gasteiger partial charge in [-0.3, -0.25) is 4.79 Å². The Bertz CT molecular complexity index is 536. The Hall–Kier alpha value is -2.37. The Kier molecular flexibility index (Phi) is 5.94. The van der Waals surface area contributed by atoms with E-state index >= 15 is 0 Å². The third kappa shape index (κ3) is 4.31. The van der Waals surface area contributed by atoms with Gasteiger partial charge in [-0.2, -0.15) is 0 Å². The minimum Gasteiger partial charge on any atom is -0.468 e. The first-order chi connectivity index (χ1) is 10.7. The van der Waals surface area contributed by atoms with Crippen molar-refractivity contribution < 1.29 is 23.7 Å². The number of carbonyl (C=O) groups excluding carboxylic acids is 1. The molecular formula is C17H18O5. The van der Waals surface area contributed by atoms with Crippen LogP contribution in [0, 0.1) is 0 Å². The summed E-state index contributed by atoms with van der Waals surface area (Å²) in [5.41, 5.74) is 1.19. The smallest absolute Gasteiger partial charge is 0.193 e. The summed E-state index contributed by atoms with van der Waals surface area (Å²) in [6.45, 7) is 0.354. The summed E-state index contributed by atoms with van der Waals surface area (Å²) >= 11 is 0. The molecule has 0 heterocycles. The molecule has 0 unspecified atom stereocenters. The van der Waals surface area contributed by atoms with E-state index in [0.717, 1.165) is 0 Å². The van der Waals surface area contributed by atoms with Crippen LogP contribution in [0.4, 0.5) is 0 Å². The molecule has 0 saturated heterocycles. The molecule has 0 aromatic heterocycles. The highest BCUT2D eigenvalue weighted by Gasteiger charge is 2.09. The van der Waals surface area contributed by atoms with Crippen molar-refractivity contribution in [2.75, 3.05) is 27.8 Å². The summed E-state index contributed by atoms with van der Waals surface area (Å²) in [7, 11) is 3.11. The first-order valence-electron chi connectivity index (χ1n) is 6.73. The van der Waals surface area contributed by atoms with Gasteiger partial charge in [-0.1, -0.05) is 0 Å². The molecule has 22 heavy (non-hydrogen) atoms. The molecule has 0 spiro atoms. The molecule has 2 rings (SSSR count). The van der Waals surface area contributed by atoms with E-state index in [2.05, 4.69) is 0 Å². The molecule has 0 atom stereocenters. The highest BCUT2D eigenvalue weighted by Crippen LogP contribution is 2.18. The number of rotatable bonds is 8. The summed E-state index contributed by atoms with van der Waals surface area (Å²) < 4.78 is 20.2. The molecule has 2 aromatic carbocycles. The van der Waals surface area contributed by atoms with Gasteiger partial charge in [0.1, 0.15) is 11.5 Å². The topological polar surface area (TPSA) is 54.0 Å². The standard InChI is InChI=1S/C17H18O5/c1-19-11-21-15-7-3-13(4-8-15)17(18)14-5-9-16(10-6-14)22-12-20-2/h3-10H,11-12H2,1-2H3. The number of ketones is 1. The van der Waals surface area contributed by atoms with Gasteiger partial charge >= 0.3 is 0 Å². The number of carbonyl (C=O) groups is 1. The average Bonchev–Trinajstić information content (AvgIpc) is 2.58. The molecule has 2 aromatic rings. The molecule has 0 radical (unpaired) electrons. The lowest BCUT2D eigenvalue weighted by Gasteiger charge is -2.07. The molecule has 0 aliphatic rings. The monoisotopic (exact) mass is 302 g/mol. The number of hydrogen-bond acceptors (Lipinski definition) is 5. The number of methoxy groups -OCH3 is 2. The number of hydrogen-bond donors (Lipinski definition) is 0. The third-order valence-corrected chi connectivity index (χ3v) is 2.92. The molecule has 0 fully saturated rings. The predicted octanol–water partition coefficient (Wildman–Crippen LogP) is 2.88. The Morgan fingerprint density at radius 1 is 0.727 bits per heavy atom. The Morgan fingerprint density at radius 2 is 1.09 bits per heavy atom. The van der Waals surface area contributed by atoms with Crippen LogP contribution in [-0.4, -0.2) is 33.6 Å². The SMILES string of the molecule is COCOc1ccc(C(=O)c2ccc(OCOC)cc2)cc1. The van der Waals surface area contributed by atoms with Gasteiger partial charge < -0.3 is 18.9 Å². The van der Waals surface area contributed by atoms with E-state index in [9.17, 15) is 4.79 Å². The van der Waals surface area contributed by atoms with Crippen LogP contribution < -0.4 is 9.47 Å². The normalized spacial score (nSPS) is 10.3. The molecule has 5 heteroatoms. The molecular weight excluding hydrogens is 284 g/mol. The first-order valence-corrected chi connectivity index (χ1v) is 6.73. The van der Waals surface area contributed by atoms with E-state index < -0.39 is 0 Å². The van der Waals surface area contributed by atoms with Crippen molar-refractivity contribution in [2.24, 2.45) is 0 Å². The minimum atomic E-state index is -0.0587. The van der Waals surface area contributed by atoms with Crippen molar-refractivity contribution in [3.05, 3.63) is 59.7 Å². The zero-order chi connectivity index (χ0) is 15.8. The maximum Gasteiger partial charge on any atom is 0.193 e.